The second-order valence-electron chi connectivity index (χ2n) is 7.49. The molecule has 0 atom stereocenters. The molecule has 6 N–H and O–H groups in total. The highest BCUT2D eigenvalue weighted by Gasteiger charge is 2.13. The number of nitrogens with two attached hydrogens (primary N) is 1. The molecule has 0 unspecified atom stereocenters. The fraction of sp³-hybridized carbons (Fsp3) is 0.0385. The van der Waals surface area contributed by atoms with Crippen LogP contribution in [0, 0.1) is 10.8 Å². The summed E-state index contributed by atoms with van der Waals surface area (Å²) in [5.41, 5.74) is 9.93. The maximum Gasteiger partial charge on any atom is 0.256 e. The van der Waals surface area contributed by atoms with Gasteiger partial charge in [-0.25, -0.2) is 4.68 Å². The molecule has 2 aromatic carbocycles. The van der Waals surface area contributed by atoms with Gasteiger partial charge in [0.15, 0.2) is 5.82 Å². The van der Waals surface area contributed by atoms with Gasteiger partial charge >= 0.3 is 0 Å². The van der Waals surface area contributed by atoms with Crippen LogP contribution in [0.3, 0.4) is 0 Å². The van der Waals surface area contributed by atoms with Crippen LogP contribution in [-0.4, -0.2) is 33.1 Å². The molecular weight excluding hydrogens is 440 g/mol. The van der Waals surface area contributed by atoms with Crippen LogP contribution < -0.4 is 16.4 Å². The van der Waals surface area contributed by atoms with Crippen LogP contribution in [0.25, 0.3) is 22.2 Å². The van der Waals surface area contributed by atoms with Crippen molar-refractivity contribution < 1.29 is 4.79 Å². The van der Waals surface area contributed by atoms with Gasteiger partial charge in [-0.2, -0.15) is 0 Å². The van der Waals surface area contributed by atoms with Crippen molar-refractivity contribution in [2.45, 2.75) is 6.92 Å². The Morgan fingerprint density at radius 2 is 1.86 bits per heavy atom. The van der Waals surface area contributed by atoms with Crippen LogP contribution in [-0.2, 0) is 4.79 Å². The number of benzene rings is 2. The number of carbonyl (C=O) groups excluding carboxylic acids is 1. The smallest absolute Gasteiger partial charge is 0.256 e. The topological polar surface area (TPSA) is 146 Å². The van der Waals surface area contributed by atoms with E-state index in [1.807, 2.05) is 48.5 Å². The molecule has 0 bridgehead atoms. The van der Waals surface area contributed by atoms with E-state index in [0.717, 1.165) is 34.7 Å². The molecule has 0 spiro atoms. The number of allylic oxidation sites excluding steroid dienone is 2. The number of anilines is 3. The molecule has 4 aromatic rings. The molecule has 2 heterocycles. The van der Waals surface area contributed by atoms with Gasteiger partial charge in [-0.15, -0.1) is 5.10 Å². The molecule has 174 valence electrons. The first-order chi connectivity index (χ1) is 17.1. The summed E-state index contributed by atoms with van der Waals surface area (Å²) in [7, 11) is 0. The van der Waals surface area contributed by atoms with E-state index in [2.05, 4.69) is 15.6 Å². The molecular formula is C26H24N8O. The number of nitrogens with one attached hydrogen (secondary N) is 4. The molecule has 0 aliphatic heterocycles. The third kappa shape index (κ3) is 4.83. The van der Waals surface area contributed by atoms with E-state index in [0.29, 0.717) is 22.8 Å². The fourth-order valence-corrected chi connectivity index (χ4v) is 3.54. The summed E-state index contributed by atoms with van der Waals surface area (Å²) in [6, 6.07) is 18.8. The molecule has 35 heavy (non-hydrogen) atoms. The highest BCUT2D eigenvalue weighted by Crippen LogP contribution is 2.29. The second kappa shape index (κ2) is 10.3. The molecule has 9 nitrogen and oxygen atoms in total. The van der Waals surface area contributed by atoms with Crippen molar-refractivity contribution in [2.75, 3.05) is 10.6 Å². The predicted octanol–water partition coefficient (Wildman–Crippen LogP) is 4.65. The van der Waals surface area contributed by atoms with Crippen molar-refractivity contribution in [1.82, 2.24) is 14.8 Å². The molecule has 0 aliphatic rings. The van der Waals surface area contributed by atoms with Crippen molar-refractivity contribution in [3.8, 4) is 5.69 Å². The van der Waals surface area contributed by atoms with E-state index in [1.54, 1.807) is 36.0 Å². The summed E-state index contributed by atoms with van der Waals surface area (Å²) in [5.74, 6) is 0.296. The zero-order valence-corrected chi connectivity index (χ0v) is 19.0. The number of nitrogens with zero attached hydrogens (tertiary/aromatic N) is 3. The SMILES string of the molecule is C/C=C(\C=N)C(=O)Nc1cccc(-n2nc(Nc3ccc(C(C=N)=CN)nc3)c3ccccc32)c1. The molecule has 9 heteroatoms. The summed E-state index contributed by atoms with van der Waals surface area (Å²) in [6.07, 6.45) is 6.78. The Kier molecular flexibility index (Phi) is 6.78. The summed E-state index contributed by atoms with van der Waals surface area (Å²) in [6.45, 7) is 1.71. The number of fused-ring (bicyclic) bond motifs is 1. The summed E-state index contributed by atoms with van der Waals surface area (Å²) in [4.78, 5) is 16.7. The lowest BCUT2D eigenvalue weighted by atomic mass is 10.2. The Morgan fingerprint density at radius 3 is 2.54 bits per heavy atom. The fourth-order valence-electron chi connectivity index (χ4n) is 3.54. The van der Waals surface area contributed by atoms with Gasteiger partial charge in [0.05, 0.1) is 34.4 Å². The molecule has 0 fully saturated rings. The number of carbonyl (C=O) groups is 1. The lowest BCUT2D eigenvalue weighted by Crippen LogP contribution is -2.15. The van der Waals surface area contributed by atoms with Crippen molar-refractivity contribution >= 4 is 52.0 Å². The Labute approximate surface area is 202 Å². The lowest BCUT2D eigenvalue weighted by Gasteiger charge is -2.09. The number of para-hydroxylation sites is 1. The molecule has 0 saturated heterocycles. The van der Waals surface area contributed by atoms with E-state index in [4.69, 9.17) is 21.7 Å². The van der Waals surface area contributed by atoms with Gasteiger partial charge in [-0.1, -0.05) is 24.3 Å². The van der Waals surface area contributed by atoms with Gasteiger partial charge in [-0.3, -0.25) is 9.78 Å². The first kappa shape index (κ1) is 23.1. The number of rotatable bonds is 8. The highest BCUT2D eigenvalue weighted by molar-refractivity contribution is 6.17. The average molecular weight is 465 g/mol. The van der Waals surface area contributed by atoms with Crippen molar-refractivity contribution in [3.05, 3.63) is 90.4 Å². The van der Waals surface area contributed by atoms with Crippen LogP contribution in [0.4, 0.5) is 17.2 Å². The molecule has 0 saturated carbocycles. The third-order valence-corrected chi connectivity index (χ3v) is 5.32. The molecule has 2 aromatic heterocycles. The first-order valence-electron chi connectivity index (χ1n) is 10.8. The zero-order chi connectivity index (χ0) is 24.8. The quantitative estimate of drug-likeness (QED) is 0.190. The first-order valence-corrected chi connectivity index (χ1v) is 10.8. The van der Waals surface area contributed by atoms with Gasteiger partial charge in [0.25, 0.3) is 5.91 Å². The normalized spacial score (nSPS) is 11.8. The van der Waals surface area contributed by atoms with Gasteiger partial charge in [0.1, 0.15) is 0 Å². The number of hydrogen-bond acceptors (Lipinski definition) is 7. The third-order valence-electron chi connectivity index (χ3n) is 5.32. The maximum atomic E-state index is 12.4. The summed E-state index contributed by atoms with van der Waals surface area (Å²) >= 11 is 0. The molecule has 0 aliphatic carbocycles. The Bertz CT molecular complexity index is 1460. The maximum absolute atomic E-state index is 12.4. The average Bonchev–Trinajstić information content (AvgIpc) is 3.25. The number of amides is 1. The van der Waals surface area contributed by atoms with Gasteiger partial charge < -0.3 is 27.2 Å². The summed E-state index contributed by atoms with van der Waals surface area (Å²) < 4.78 is 1.80. The lowest BCUT2D eigenvalue weighted by molar-refractivity contribution is -0.112. The Hall–Kier alpha value is -5.05. The van der Waals surface area contributed by atoms with Crippen LogP contribution >= 0.6 is 0 Å². The summed E-state index contributed by atoms with van der Waals surface area (Å²) in [5, 5.41) is 26.6. The van der Waals surface area contributed by atoms with Crippen LogP contribution in [0.15, 0.2) is 84.7 Å². The Morgan fingerprint density at radius 1 is 1.03 bits per heavy atom. The van der Waals surface area contributed by atoms with Gasteiger partial charge in [0, 0.05) is 35.3 Å². The number of hydrogen-bond donors (Lipinski definition) is 5. The second-order valence-corrected chi connectivity index (χ2v) is 7.49. The van der Waals surface area contributed by atoms with E-state index in [-0.39, 0.29) is 11.5 Å². The minimum atomic E-state index is -0.348. The standard InChI is InChI=1S/C26H24N8O/c1-2-17(13-27)26(35)32-19-6-5-7-21(12-19)34-24-9-4-3-8-22(24)25(33-34)31-20-10-11-23(30-16-20)18(14-28)15-29/h2-16,27-28H,29H2,1H3,(H,31,33)(H,32,35)/b17-2+,18-15?,27-13?,28-14?. The number of pyridine rings is 1. The van der Waals surface area contributed by atoms with E-state index in [1.165, 1.54) is 6.20 Å². The molecule has 0 radical (unpaired) electrons. The van der Waals surface area contributed by atoms with Crippen LogP contribution in [0.1, 0.15) is 12.6 Å². The minimum Gasteiger partial charge on any atom is -0.404 e. The number of aromatic nitrogens is 3. The van der Waals surface area contributed by atoms with E-state index >= 15 is 0 Å². The van der Waals surface area contributed by atoms with Crippen LogP contribution in [0.2, 0.25) is 0 Å². The minimum absolute atomic E-state index is 0.278. The largest absolute Gasteiger partial charge is 0.404 e. The van der Waals surface area contributed by atoms with Crippen molar-refractivity contribution in [1.29, 1.82) is 10.8 Å². The Balaban J connectivity index is 1.67. The van der Waals surface area contributed by atoms with Crippen LogP contribution in [0.5, 0.6) is 0 Å². The predicted molar refractivity (Wildman–Crippen MR) is 141 cm³/mol. The van der Waals surface area contributed by atoms with E-state index in [9.17, 15) is 4.79 Å². The monoisotopic (exact) mass is 464 g/mol. The van der Waals surface area contributed by atoms with Gasteiger partial charge in [0.2, 0.25) is 0 Å². The molecule has 1 amide bonds. The van der Waals surface area contributed by atoms with E-state index < -0.39 is 0 Å². The zero-order valence-electron chi connectivity index (χ0n) is 19.0. The van der Waals surface area contributed by atoms with Gasteiger partial charge in [-0.05, 0) is 49.4 Å². The van der Waals surface area contributed by atoms with Crippen molar-refractivity contribution in [3.63, 3.8) is 0 Å². The molecule has 4 rings (SSSR count). The van der Waals surface area contributed by atoms with Crippen molar-refractivity contribution in [2.24, 2.45) is 5.73 Å². The highest BCUT2D eigenvalue weighted by atomic mass is 16.1.